The maximum absolute atomic E-state index is 12.1. The maximum atomic E-state index is 12.1. The van der Waals surface area contributed by atoms with Gasteiger partial charge in [0, 0.05) is 16.4 Å². The lowest BCUT2D eigenvalue weighted by atomic mass is 10.2. The van der Waals surface area contributed by atoms with Crippen molar-refractivity contribution in [2.45, 2.75) is 6.42 Å². The molecule has 20 heavy (non-hydrogen) atoms. The largest absolute Gasteiger partial charge is 0.496 e. The summed E-state index contributed by atoms with van der Waals surface area (Å²) in [6.45, 7) is 0.598. The average Bonchev–Trinajstić information content (AvgIpc) is 2.84. The number of halogens is 2. The van der Waals surface area contributed by atoms with Gasteiger partial charge < -0.3 is 10.1 Å². The van der Waals surface area contributed by atoms with E-state index in [0.29, 0.717) is 22.9 Å². The summed E-state index contributed by atoms with van der Waals surface area (Å²) in [6.07, 6.45) is 0.829. The Morgan fingerprint density at radius 2 is 2.20 bits per heavy atom. The van der Waals surface area contributed by atoms with Crippen molar-refractivity contribution in [1.82, 2.24) is 5.32 Å². The molecule has 2 rings (SSSR count). The Kier molecular flexibility index (Phi) is 5.68. The van der Waals surface area contributed by atoms with Crippen LogP contribution in [0.1, 0.15) is 15.2 Å². The van der Waals surface area contributed by atoms with Crippen LogP contribution in [0.3, 0.4) is 0 Å². The van der Waals surface area contributed by atoms with Crippen LogP contribution in [0.5, 0.6) is 5.75 Å². The van der Waals surface area contributed by atoms with E-state index >= 15 is 0 Å². The summed E-state index contributed by atoms with van der Waals surface area (Å²) in [5.41, 5.74) is 0.498. The first-order valence-corrected chi connectivity index (χ1v) is 8.23. The van der Waals surface area contributed by atoms with Gasteiger partial charge in [-0.05, 0) is 59.3 Å². The Morgan fingerprint density at radius 1 is 1.40 bits per heavy atom. The van der Waals surface area contributed by atoms with Crippen molar-refractivity contribution in [1.29, 1.82) is 0 Å². The Labute approximate surface area is 140 Å². The van der Waals surface area contributed by atoms with Crippen LogP contribution in [0, 0.1) is 2.88 Å². The molecule has 106 valence electrons. The number of carbonyl (C=O) groups is 1. The third-order valence-corrected chi connectivity index (χ3v) is 4.88. The molecule has 1 heterocycles. The zero-order chi connectivity index (χ0) is 14.5. The Morgan fingerprint density at radius 3 is 2.85 bits per heavy atom. The molecule has 1 N–H and O–H groups in total. The van der Waals surface area contributed by atoms with Crippen LogP contribution >= 0.6 is 45.5 Å². The van der Waals surface area contributed by atoms with Crippen LogP contribution in [0.25, 0.3) is 0 Å². The highest BCUT2D eigenvalue weighted by molar-refractivity contribution is 14.1. The van der Waals surface area contributed by atoms with E-state index in [1.165, 1.54) is 14.9 Å². The van der Waals surface area contributed by atoms with Gasteiger partial charge in [-0.3, -0.25) is 4.79 Å². The minimum atomic E-state index is -0.148. The number of thiophene rings is 1. The smallest absolute Gasteiger partial charge is 0.255 e. The van der Waals surface area contributed by atoms with Gasteiger partial charge >= 0.3 is 0 Å². The summed E-state index contributed by atoms with van der Waals surface area (Å²) < 4.78 is 6.42. The highest BCUT2D eigenvalue weighted by atomic mass is 127. The molecule has 0 spiro atoms. The van der Waals surface area contributed by atoms with Gasteiger partial charge in [-0.25, -0.2) is 0 Å². The number of hydrogen-bond acceptors (Lipinski definition) is 3. The molecule has 0 saturated heterocycles. The minimum Gasteiger partial charge on any atom is -0.496 e. The Hall–Kier alpha value is -0.790. The molecular formula is C14H13ClINO2S. The molecule has 0 atom stereocenters. The van der Waals surface area contributed by atoms with Gasteiger partial charge in [-0.2, -0.15) is 0 Å². The van der Waals surface area contributed by atoms with Crippen molar-refractivity contribution < 1.29 is 9.53 Å². The minimum absolute atomic E-state index is 0.148. The van der Waals surface area contributed by atoms with Gasteiger partial charge in [0.25, 0.3) is 5.91 Å². The highest BCUT2D eigenvalue weighted by Gasteiger charge is 2.12. The third-order valence-electron chi connectivity index (χ3n) is 2.69. The summed E-state index contributed by atoms with van der Waals surface area (Å²) >= 11 is 9.90. The van der Waals surface area contributed by atoms with Crippen LogP contribution in [-0.2, 0) is 6.42 Å². The van der Waals surface area contributed by atoms with Gasteiger partial charge in [0.1, 0.15) is 5.75 Å². The monoisotopic (exact) mass is 421 g/mol. The predicted octanol–water partition coefficient (Wildman–Crippen LogP) is 3.99. The molecule has 0 bridgehead atoms. The van der Waals surface area contributed by atoms with Gasteiger partial charge in [0.05, 0.1) is 15.6 Å². The van der Waals surface area contributed by atoms with Crippen LogP contribution in [0.15, 0.2) is 30.3 Å². The summed E-state index contributed by atoms with van der Waals surface area (Å²) in [7, 11) is 1.52. The van der Waals surface area contributed by atoms with Crippen LogP contribution < -0.4 is 10.1 Å². The van der Waals surface area contributed by atoms with Crippen molar-refractivity contribution in [2.24, 2.45) is 0 Å². The number of benzene rings is 1. The summed E-state index contributed by atoms with van der Waals surface area (Å²) in [5.74, 6) is 0.338. The Bertz CT molecular complexity index is 615. The van der Waals surface area contributed by atoms with Crippen molar-refractivity contribution in [3.63, 3.8) is 0 Å². The first kappa shape index (κ1) is 15.6. The van der Waals surface area contributed by atoms with Gasteiger partial charge in [-0.15, -0.1) is 11.3 Å². The van der Waals surface area contributed by atoms with Crippen LogP contribution in [0.4, 0.5) is 0 Å². The maximum Gasteiger partial charge on any atom is 0.255 e. The lowest BCUT2D eigenvalue weighted by Gasteiger charge is -2.09. The van der Waals surface area contributed by atoms with E-state index in [1.54, 1.807) is 29.5 Å². The number of ether oxygens (including phenoxy) is 1. The lowest BCUT2D eigenvalue weighted by molar-refractivity contribution is 0.0951. The number of rotatable bonds is 5. The third kappa shape index (κ3) is 4.10. The summed E-state index contributed by atoms with van der Waals surface area (Å²) in [6, 6.07) is 9.15. The molecule has 0 fully saturated rings. The van der Waals surface area contributed by atoms with E-state index in [2.05, 4.69) is 40.0 Å². The van der Waals surface area contributed by atoms with Gasteiger partial charge in [0.15, 0.2) is 0 Å². The van der Waals surface area contributed by atoms with E-state index in [4.69, 9.17) is 16.3 Å². The van der Waals surface area contributed by atoms with E-state index < -0.39 is 0 Å². The van der Waals surface area contributed by atoms with E-state index in [0.717, 1.165) is 6.42 Å². The van der Waals surface area contributed by atoms with E-state index in [1.807, 2.05) is 0 Å². The highest BCUT2D eigenvalue weighted by Crippen LogP contribution is 2.23. The second-order valence-corrected chi connectivity index (χ2v) is 7.56. The number of methoxy groups -OCH3 is 1. The number of nitrogens with one attached hydrogen (secondary N) is 1. The normalized spacial score (nSPS) is 10.3. The fraction of sp³-hybridized carbons (Fsp3) is 0.214. The van der Waals surface area contributed by atoms with E-state index in [-0.39, 0.29) is 5.91 Å². The number of carbonyl (C=O) groups excluding carboxylic acids is 1. The fourth-order valence-corrected chi connectivity index (χ4v) is 3.65. The molecule has 2 aromatic rings. The fourth-order valence-electron chi connectivity index (χ4n) is 1.73. The molecule has 0 radical (unpaired) electrons. The molecule has 0 unspecified atom stereocenters. The second kappa shape index (κ2) is 7.28. The first-order chi connectivity index (χ1) is 9.60. The van der Waals surface area contributed by atoms with Crippen molar-refractivity contribution in [2.75, 3.05) is 13.7 Å². The zero-order valence-corrected chi connectivity index (χ0v) is 14.5. The number of hydrogen-bond donors (Lipinski definition) is 1. The average molecular weight is 422 g/mol. The second-order valence-electron chi connectivity index (χ2n) is 4.06. The van der Waals surface area contributed by atoms with E-state index in [9.17, 15) is 4.79 Å². The van der Waals surface area contributed by atoms with Crippen LogP contribution in [0.2, 0.25) is 5.02 Å². The quantitative estimate of drug-likeness (QED) is 0.742. The lowest BCUT2D eigenvalue weighted by Crippen LogP contribution is -2.25. The predicted molar refractivity (Wildman–Crippen MR) is 91.1 cm³/mol. The zero-order valence-electron chi connectivity index (χ0n) is 10.8. The first-order valence-electron chi connectivity index (χ1n) is 5.96. The summed E-state index contributed by atoms with van der Waals surface area (Å²) in [5, 5.41) is 3.44. The van der Waals surface area contributed by atoms with Crippen LogP contribution in [-0.4, -0.2) is 19.6 Å². The molecule has 1 amide bonds. The molecule has 0 aliphatic carbocycles. The standard InChI is InChI=1S/C14H13ClINO2S/c1-19-12-8-9(15)2-4-11(12)14(18)17-7-6-10-3-5-13(16)20-10/h2-5,8H,6-7H2,1H3,(H,17,18). The van der Waals surface area contributed by atoms with Gasteiger partial charge in [0.2, 0.25) is 0 Å². The molecular weight excluding hydrogens is 409 g/mol. The molecule has 1 aromatic carbocycles. The molecule has 0 aliphatic heterocycles. The molecule has 1 aromatic heterocycles. The van der Waals surface area contributed by atoms with Crippen molar-refractivity contribution in [3.8, 4) is 5.75 Å². The van der Waals surface area contributed by atoms with Crippen molar-refractivity contribution in [3.05, 3.63) is 48.7 Å². The molecule has 6 heteroatoms. The molecule has 3 nitrogen and oxygen atoms in total. The van der Waals surface area contributed by atoms with Gasteiger partial charge in [-0.1, -0.05) is 11.6 Å². The number of amides is 1. The van der Waals surface area contributed by atoms with Crippen molar-refractivity contribution >= 4 is 51.4 Å². The Balaban J connectivity index is 1.95. The summed E-state index contributed by atoms with van der Waals surface area (Å²) in [4.78, 5) is 13.4. The topological polar surface area (TPSA) is 38.3 Å². The molecule has 0 saturated carbocycles. The molecule has 0 aliphatic rings. The SMILES string of the molecule is COc1cc(Cl)ccc1C(=O)NCCc1ccc(I)s1.